The van der Waals surface area contributed by atoms with Crippen LogP contribution in [0.4, 0.5) is 0 Å². The van der Waals surface area contributed by atoms with Gasteiger partial charge < -0.3 is 13.3 Å². The number of pyridine rings is 1. The fourth-order valence-electron chi connectivity index (χ4n) is 2.51. The second-order valence-corrected chi connectivity index (χ2v) is 8.12. The van der Waals surface area contributed by atoms with Gasteiger partial charge in [-0.3, -0.25) is 4.98 Å². The largest absolute Gasteiger partial charge is 0.500 e. The molecule has 0 spiro atoms. The number of unbranched alkanes of at least 4 members (excludes halogenated alkanes) is 1. The summed E-state index contributed by atoms with van der Waals surface area (Å²) < 4.78 is 16.3. The van der Waals surface area contributed by atoms with Gasteiger partial charge in [-0.05, 0) is 43.0 Å². The lowest BCUT2D eigenvalue weighted by Gasteiger charge is -2.24. The standard InChI is InChI=1S/C16H23NO3Si/c1-18-21(19-2,20-3)12-5-4-7-14-9-10-16-15(13-14)8-6-11-17-16/h6,8-11,13H,4-5,7,12H2,1-3H3. The minimum absolute atomic E-state index is 0.853. The lowest BCUT2D eigenvalue weighted by molar-refractivity contribution is 0.123. The van der Waals surface area contributed by atoms with Crippen molar-refractivity contribution in [2.75, 3.05) is 21.3 Å². The summed E-state index contributed by atoms with van der Waals surface area (Å²) >= 11 is 0. The second-order valence-electron chi connectivity index (χ2n) is 5.03. The number of benzene rings is 1. The van der Waals surface area contributed by atoms with Crippen LogP contribution in [0, 0.1) is 0 Å². The lowest BCUT2D eigenvalue weighted by atomic mass is 10.1. The molecule has 1 aromatic heterocycles. The SMILES string of the molecule is CO[Si](CCCCc1ccc2ncccc2c1)(OC)OC. The van der Waals surface area contributed by atoms with Crippen molar-refractivity contribution < 1.29 is 13.3 Å². The molecule has 0 aliphatic rings. The topological polar surface area (TPSA) is 40.6 Å². The second kappa shape index (κ2) is 7.65. The van der Waals surface area contributed by atoms with Gasteiger partial charge in [0.2, 0.25) is 0 Å². The van der Waals surface area contributed by atoms with E-state index in [1.807, 2.05) is 12.3 Å². The van der Waals surface area contributed by atoms with Crippen molar-refractivity contribution in [3.8, 4) is 0 Å². The number of hydrogen-bond donors (Lipinski definition) is 0. The van der Waals surface area contributed by atoms with E-state index in [2.05, 4.69) is 29.2 Å². The number of rotatable bonds is 8. The molecule has 0 bridgehead atoms. The molecular weight excluding hydrogens is 282 g/mol. The Labute approximate surface area is 127 Å². The molecule has 5 heteroatoms. The minimum atomic E-state index is -2.41. The van der Waals surface area contributed by atoms with Gasteiger partial charge in [-0.1, -0.05) is 12.1 Å². The van der Waals surface area contributed by atoms with Crippen molar-refractivity contribution >= 4 is 19.7 Å². The molecule has 0 fully saturated rings. The van der Waals surface area contributed by atoms with Crippen LogP contribution < -0.4 is 0 Å². The van der Waals surface area contributed by atoms with E-state index in [0.717, 1.165) is 30.8 Å². The molecule has 2 rings (SSSR count). The summed E-state index contributed by atoms with van der Waals surface area (Å²) in [6.45, 7) is 0. The Bertz CT molecular complexity index is 564. The van der Waals surface area contributed by atoms with Gasteiger partial charge in [-0.25, -0.2) is 0 Å². The Morgan fingerprint density at radius 1 is 1.00 bits per heavy atom. The number of aryl methyl sites for hydroxylation is 1. The number of aromatic nitrogens is 1. The van der Waals surface area contributed by atoms with E-state index >= 15 is 0 Å². The Hall–Kier alpha value is -1.27. The molecule has 1 heterocycles. The van der Waals surface area contributed by atoms with E-state index in [1.54, 1.807) is 21.3 Å². The summed E-state index contributed by atoms with van der Waals surface area (Å²) in [5.74, 6) is 0. The maximum absolute atomic E-state index is 5.43. The lowest BCUT2D eigenvalue weighted by Crippen LogP contribution is -2.42. The molecule has 0 atom stereocenters. The van der Waals surface area contributed by atoms with E-state index < -0.39 is 8.80 Å². The molecule has 0 aliphatic heterocycles. The number of nitrogens with zero attached hydrogens (tertiary/aromatic N) is 1. The third-order valence-corrected chi connectivity index (χ3v) is 6.63. The van der Waals surface area contributed by atoms with Crippen LogP contribution in [0.2, 0.25) is 6.04 Å². The van der Waals surface area contributed by atoms with Crippen LogP contribution in [0.15, 0.2) is 36.5 Å². The molecule has 1 aromatic carbocycles. The highest BCUT2D eigenvalue weighted by Crippen LogP contribution is 2.19. The molecule has 0 unspecified atom stereocenters. The summed E-state index contributed by atoms with van der Waals surface area (Å²) in [6.07, 6.45) is 5.00. The highest BCUT2D eigenvalue weighted by atomic mass is 28.4. The van der Waals surface area contributed by atoms with Crippen LogP contribution in [0.3, 0.4) is 0 Å². The van der Waals surface area contributed by atoms with E-state index in [-0.39, 0.29) is 0 Å². The summed E-state index contributed by atoms with van der Waals surface area (Å²) in [6, 6.07) is 11.4. The average molecular weight is 305 g/mol. The van der Waals surface area contributed by atoms with Crippen LogP contribution in [0.5, 0.6) is 0 Å². The number of fused-ring (bicyclic) bond motifs is 1. The summed E-state index contributed by atoms with van der Waals surface area (Å²) in [5.41, 5.74) is 2.39. The van der Waals surface area contributed by atoms with E-state index in [1.165, 1.54) is 10.9 Å². The first-order valence-corrected chi connectivity index (χ1v) is 9.15. The first kappa shape index (κ1) is 16.1. The number of hydrogen-bond acceptors (Lipinski definition) is 4. The van der Waals surface area contributed by atoms with Gasteiger partial charge in [-0.2, -0.15) is 0 Å². The maximum Gasteiger partial charge on any atom is 0.500 e. The quantitative estimate of drug-likeness (QED) is 0.553. The van der Waals surface area contributed by atoms with Crippen LogP contribution in [0.25, 0.3) is 10.9 Å². The zero-order valence-corrected chi connectivity index (χ0v) is 14.0. The van der Waals surface area contributed by atoms with Gasteiger partial charge in [0.25, 0.3) is 0 Å². The molecule has 0 N–H and O–H groups in total. The molecule has 2 aromatic rings. The van der Waals surface area contributed by atoms with Crippen LogP contribution >= 0.6 is 0 Å². The van der Waals surface area contributed by atoms with Gasteiger partial charge in [0.05, 0.1) is 5.52 Å². The predicted molar refractivity (Wildman–Crippen MR) is 86.3 cm³/mol. The third-order valence-electron chi connectivity index (χ3n) is 3.80. The molecule has 21 heavy (non-hydrogen) atoms. The fourth-order valence-corrected chi connectivity index (χ4v) is 4.30. The average Bonchev–Trinajstić information content (AvgIpc) is 2.55. The smallest absolute Gasteiger partial charge is 0.377 e. The van der Waals surface area contributed by atoms with Crippen molar-refractivity contribution in [1.29, 1.82) is 0 Å². The zero-order valence-electron chi connectivity index (χ0n) is 13.0. The molecule has 114 valence electrons. The van der Waals surface area contributed by atoms with Gasteiger partial charge in [0.1, 0.15) is 0 Å². The normalized spacial score (nSPS) is 12.0. The first-order chi connectivity index (χ1) is 10.2. The van der Waals surface area contributed by atoms with Crippen LogP contribution in [0.1, 0.15) is 18.4 Å². The van der Waals surface area contributed by atoms with Crippen molar-refractivity contribution in [3.05, 3.63) is 42.1 Å². The van der Waals surface area contributed by atoms with Crippen LogP contribution in [-0.4, -0.2) is 35.1 Å². The van der Waals surface area contributed by atoms with Crippen molar-refractivity contribution in [1.82, 2.24) is 4.98 Å². The molecule has 0 aliphatic carbocycles. The van der Waals surface area contributed by atoms with Gasteiger partial charge >= 0.3 is 8.80 Å². The third kappa shape index (κ3) is 4.10. The van der Waals surface area contributed by atoms with Crippen molar-refractivity contribution in [2.24, 2.45) is 0 Å². The Kier molecular flexibility index (Phi) is 5.87. The summed E-state index contributed by atoms with van der Waals surface area (Å²) in [7, 11) is 2.58. The monoisotopic (exact) mass is 305 g/mol. The molecular formula is C16H23NO3Si. The maximum atomic E-state index is 5.43. The van der Waals surface area contributed by atoms with Gasteiger partial charge in [0.15, 0.2) is 0 Å². The highest BCUT2D eigenvalue weighted by Gasteiger charge is 2.36. The molecule has 4 nitrogen and oxygen atoms in total. The van der Waals surface area contributed by atoms with Crippen molar-refractivity contribution in [3.63, 3.8) is 0 Å². The molecule has 0 saturated carbocycles. The van der Waals surface area contributed by atoms with Gasteiger partial charge in [-0.15, -0.1) is 0 Å². The highest BCUT2D eigenvalue weighted by molar-refractivity contribution is 6.60. The summed E-state index contributed by atoms with van der Waals surface area (Å²) in [4.78, 5) is 4.34. The van der Waals surface area contributed by atoms with Crippen molar-refractivity contribution in [2.45, 2.75) is 25.3 Å². The van der Waals surface area contributed by atoms with Crippen LogP contribution in [-0.2, 0) is 19.7 Å². The zero-order chi connectivity index (χ0) is 15.1. The van der Waals surface area contributed by atoms with E-state index in [4.69, 9.17) is 13.3 Å². The molecule has 0 radical (unpaired) electrons. The minimum Gasteiger partial charge on any atom is -0.377 e. The Morgan fingerprint density at radius 3 is 2.48 bits per heavy atom. The fraction of sp³-hybridized carbons (Fsp3) is 0.438. The summed E-state index contributed by atoms with van der Waals surface area (Å²) in [5, 5.41) is 1.20. The Balaban J connectivity index is 1.87. The van der Waals surface area contributed by atoms with E-state index in [0.29, 0.717) is 0 Å². The predicted octanol–water partition coefficient (Wildman–Crippen LogP) is 3.44. The molecule has 0 amide bonds. The first-order valence-electron chi connectivity index (χ1n) is 7.22. The van der Waals surface area contributed by atoms with E-state index in [9.17, 15) is 0 Å². The Morgan fingerprint density at radius 2 is 1.76 bits per heavy atom. The van der Waals surface area contributed by atoms with Gasteiger partial charge in [0, 0.05) is 39.0 Å². The molecule has 0 saturated heterocycles.